The zero-order valence-corrected chi connectivity index (χ0v) is 9.35. The number of rotatable bonds is 4. The highest BCUT2D eigenvalue weighted by Crippen LogP contribution is 2.17. The predicted molar refractivity (Wildman–Crippen MR) is 57.6 cm³/mol. The number of benzene rings is 1. The fourth-order valence-corrected chi connectivity index (χ4v) is 1.37. The van der Waals surface area contributed by atoms with Crippen LogP contribution in [0.5, 0.6) is 0 Å². The minimum atomic E-state index is -0.399. The van der Waals surface area contributed by atoms with E-state index in [-0.39, 0.29) is 11.9 Å². The fraction of sp³-hybridized carbons (Fsp3) is 0.500. The van der Waals surface area contributed by atoms with Gasteiger partial charge in [-0.1, -0.05) is 13.8 Å². The van der Waals surface area contributed by atoms with Gasteiger partial charge in [0.15, 0.2) is 0 Å². The summed E-state index contributed by atoms with van der Waals surface area (Å²) in [6.45, 7) is 6.76. The molecule has 0 heterocycles. The topological polar surface area (TPSA) is 12.0 Å². The molecule has 0 aliphatic heterocycles. The van der Waals surface area contributed by atoms with E-state index >= 15 is 0 Å². The van der Waals surface area contributed by atoms with E-state index in [1.54, 1.807) is 0 Å². The third kappa shape index (κ3) is 3.59. The van der Waals surface area contributed by atoms with Crippen molar-refractivity contribution in [2.75, 3.05) is 6.54 Å². The summed E-state index contributed by atoms with van der Waals surface area (Å²) in [6, 6.07) is 3.38. The van der Waals surface area contributed by atoms with Crippen molar-refractivity contribution >= 4 is 0 Å². The maximum Gasteiger partial charge on any atom is 0.128 e. The summed E-state index contributed by atoms with van der Waals surface area (Å²) in [5, 5.41) is 3.16. The summed E-state index contributed by atoms with van der Waals surface area (Å²) in [7, 11) is 0. The number of halogens is 2. The lowest BCUT2D eigenvalue weighted by Crippen LogP contribution is -2.24. The third-order valence-electron chi connectivity index (χ3n) is 2.26. The predicted octanol–water partition coefficient (Wildman–Crippen LogP) is 3.27. The van der Waals surface area contributed by atoms with Crippen LogP contribution in [0, 0.1) is 17.6 Å². The van der Waals surface area contributed by atoms with Gasteiger partial charge >= 0.3 is 0 Å². The minimum Gasteiger partial charge on any atom is -0.310 e. The molecule has 1 atom stereocenters. The first kappa shape index (κ1) is 12.1. The van der Waals surface area contributed by atoms with Crippen molar-refractivity contribution in [3.05, 3.63) is 35.4 Å². The lowest BCUT2D eigenvalue weighted by Gasteiger charge is -2.16. The molecule has 3 heteroatoms. The molecule has 0 amide bonds. The highest BCUT2D eigenvalue weighted by atomic mass is 19.1. The smallest absolute Gasteiger partial charge is 0.128 e. The molecule has 0 aromatic heterocycles. The maximum absolute atomic E-state index is 13.3. The van der Waals surface area contributed by atoms with Crippen LogP contribution in [-0.4, -0.2) is 6.54 Å². The number of nitrogens with one attached hydrogen (secondary N) is 1. The van der Waals surface area contributed by atoms with Gasteiger partial charge in [-0.3, -0.25) is 0 Å². The van der Waals surface area contributed by atoms with E-state index in [4.69, 9.17) is 0 Å². The van der Waals surface area contributed by atoms with Crippen LogP contribution in [0.25, 0.3) is 0 Å². The molecule has 0 aliphatic rings. The fourth-order valence-electron chi connectivity index (χ4n) is 1.37. The molecule has 1 nitrogen and oxygen atoms in total. The van der Waals surface area contributed by atoms with E-state index < -0.39 is 5.82 Å². The Morgan fingerprint density at radius 1 is 1.20 bits per heavy atom. The number of hydrogen-bond donors (Lipinski definition) is 1. The summed E-state index contributed by atoms with van der Waals surface area (Å²) in [6.07, 6.45) is 0. The Morgan fingerprint density at radius 2 is 1.87 bits per heavy atom. The molecule has 0 aliphatic carbocycles. The zero-order valence-electron chi connectivity index (χ0n) is 9.35. The second-order valence-corrected chi connectivity index (χ2v) is 4.19. The van der Waals surface area contributed by atoms with Crippen molar-refractivity contribution in [2.45, 2.75) is 26.8 Å². The van der Waals surface area contributed by atoms with Crippen LogP contribution in [0.15, 0.2) is 18.2 Å². The van der Waals surface area contributed by atoms with Crippen molar-refractivity contribution in [2.24, 2.45) is 5.92 Å². The molecular formula is C12H17F2N. The Hall–Kier alpha value is -0.960. The van der Waals surface area contributed by atoms with Gasteiger partial charge in [0.1, 0.15) is 11.6 Å². The molecule has 1 N–H and O–H groups in total. The molecule has 0 saturated heterocycles. The molecule has 1 aromatic carbocycles. The molecule has 0 radical (unpaired) electrons. The summed E-state index contributed by atoms with van der Waals surface area (Å²) in [5.41, 5.74) is 0.385. The van der Waals surface area contributed by atoms with Gasteiger partial charge in [0.05, 0.1) is 0 Å². The van der Waals surface area contributed by atoms with Crippen LogP contribution in [0.3, 0.4) is 0 Å². The van der Waals surface area contributed by atoms with E-state index in [9.17, 15) is 8.78 Å². The van der Waals surface area contributed by atoms with Crippen LogP contribution in [-0.2, 0) is 0 Å². The largest absolute Gasteiger partial charge is 0.310 e. The summed E-state index contributed by atoms with van der Waals surface area (Å²) in [4.78, 5) is 0. The van der Waals surface area contributed by atoms with Crippen LogP contribution < -0.4 is 5.32 Å². The van der Waals surface area contributed by atoms with E-state index in [1.165, 1.54) is 6.07 Å². The van der Waals surface area contributed by atoms with Crippen molar-refractivity contribution in [3.63, 3.8) is 0 Å². The molecule has 0 spiro atoms. The molecule has 0 saturated carbocycles. The van der Waals surface area contributed by atoms with Gasteiger partial charge < -0.3 is 5.32 Å². The number of hydrogen-bond acceptors (Lipinski definition) is 1. The standard InChI is InChI=1S/C12H17F2N/c1-8(2)7-15-9(3)11-6-10(13)4-5-12(11)14/h4-6,8-9,15H,7H2,1-3H3. The van der Waals surface area contributed by atoms with Crippen molar-refractivity contribution in [1.82, 2.24) is 5.32 Å². The first-order valence-corrected chi connectivity index (χ1v) is 5.19. The molecule has 15 heavy (non-hydrogen) atoms. The molecule has 84 valence electrons. The SMILES string of the molecule is CC(C)CNC(C)c1cc(F)ccc1F. The Labute approximate surface area is 89.5 Å². The molecular weight excluding hydrogens is 196 g/mol. The molecule has 1 aromatic rings. The van der Waals surface area contributed by atoms with Crippen LogP contribution in [0.4, 0.5) is 8.78 Å². The normalized spacial score (nSPS) is 13.2. The first-order valence-electron chi connectivity index (χ1n) is 5.19. The summed E-state index contributed by atoms with van der Waals surface area (Å²) in [5.74, 6) is -0.270. The quantitative estimate of drug-likeness (QED) is 0.809. The Kier molecular flexibility index (Phi) is 4.21. The van der Waals surface area contributed by atoms with Gasteiger partial charge in [-0.25, -0.2) is 8.78 Å². The van der Waals surface area contributed by atoms with E-state index in [2.05, 4.69) is 19.2 Å². The molecule has 1 unspecified atom stereocenters. The average Bonchev–Trinajstić information content (AvgIpc) is 2.18. The van der Waals surface area contributed by atoms with Crippen LogP contribution in [0.2, 0.25) is 0 Å². The molecule has 0 fully saturated rings. The maximum atomic E-state index is 13.3. The summed E-state index contributed by atoms with van der Waals surface area (Å²) < 4.78 is 26.2. The van der Waals surface area contributed by atoms with Crippen LogP contribution in [0.1, 0.15) is 32.4 Å². The van der Waals surface area contributed by atoms with Crippen LogP contribution >= 0.6 is 0 Å². The highest BCUT2D eigenvalue weighted by molar-refractivity contribution is 5.21. The molecule has 0 bridgehead atoms. The van der Waals surface area contributed by atoms with Crippen molar-refractivity contribution in [3.8, 4) is 0 Å². The van der Waals surface area contributed by atoms with E-state index in [0.717, 1.165) is 18.7 Å². The highest BCUT2D eigenvalue weighted by Gasteiger charge is 2.11. The van der Waals surface area contributed by atoms with Crippen molar-refractivity contribution in [1.29, 1.82) is 0 Å². The van der Waals surface area contributed by atoms with E-state index in [0.29, 0.717) is 11.5 Å². The Balaban J connectivity index is 2.72. The summed E-state index contributed by atoms with van der Waals surface area (Å²) >= 11 is 0. The van der Waals surface area contributed by atoms with E-state index in [1.807, 2.05) is 6.92 Å². The van der Waals surface area contributed by atoms with Gasteiger partial charge in [-0.2, -0.15) is 0 Å². The van der Waals surface area contributed by atoms with Gasteiger partial charge in [0, 0.05) is 11.6 Å². The Bertz CT molecular complexity index is 323. The Morgan fingerprint density at radius 3 is 2.47 bits per heavy atom. The molecule has 1 rings (SSSR count). The minimum absolute atomic E-state index is 0.164. The second-order valence-electron chi connectivity index (χ2n) is 4.19. The second kappa shape index (κ2) is 5.21. The van der Waals surface area contributed by atoms with Gasteiger partial charge in [-0.05, 0) is 37.6 Å². The van der Waals surface area contributed by atoms with Crippen molar-refractivity contribution < 1.29 is 8.78 Å². The lowest BCUT2D eigenvalue weighted by atomic mass is 10.1. The monoisotopic (exact) mass is 213 g/mol. The zero-order chi connectivity index (χ0) is 11.4. The first-order chi connectivity index (χ1) is 7.00. The average molecular weight is 213 g/mol. The third-order valence-corrected chi connectivity index (χ3v) is 2.26. The van der Waals surface area contributed by atoms with Gasteiger partial charge in [0.25, 0.3) is 0 Å². The van der Waals surface area contributed by atoms with Gasteiger partial charge in [-0.15, -0.1) is 0 Å². The van der Waals surface area contributed by atoms with Gasteiger partial charge in [0.2, 0.25) is 0 Å². The lowest BCUT2D eigenvalue weighted by molar-refractivity contribution is 0.475.